The number of aromatic nitrogens is 2. The van der Waals surface area contributed by atoms with Crippen LogP contribution >= 0.6 is 11.6 Å². The van der Waals surface area contributed by atoms with E-state index in [1.807, 2.05) is 4.90 Å². The van der Waals surface area contributed by atoms with E-state index < -0.39 is 6.10 Å². The quantitative estimate of drug-likeness (QED) is 0.743. The van der Waals surface area contributed by atoms with Crippen LogP contribution in [-0.4, -0.2) is 46.0 Å². The summed E-state index contributed by atoms with van der Waals surface area (Å²) in [5.41, 5.74) is 0. The largest absolute Gasteiger partial charge is 0.396 e. The van der Waals surface area contributed by atoms with E-state index in [0.717, 1.165) is 0 Å². The molecule has 6 heteroatoms. The third-order valence-electron chi connectivity index (χ3n) is 2.58. The van der Waals surface area contributed by atoms with Crippen LogP contribution < -0.4 is 4.90 Å². The van der Waals surface area contributed by atoms with Crippen molar-refractivity contribution in [3.05, 3.63) is 17.5 Å². The molecule has 1 aliphatic rings. The van der Waals surface area contributed by atoms with Crippen LogP contribution in [0.5, 0.6) is 0 Å². The van der Waals surface area contributed by atoms with Crippen LogP contribution in [0, 0.1) is 5.92 Å². The zero-order valence-electron chi connectivity index (χ0n) is 8.04. The van der Waals surface area contributed by atoms with Gasteiger partial charge >= 0.3 is 0 Å². The van der Waals surface area contributed by atoms with E-state index in [0.29, 0.717) is 24.1 Å². The maximum atomic E-state index is 9.62. The van der Waals surface area contributed by atoms with Gasteiger partial charge in [-0.15, -0.1) is 0 Å². The highest BCUT2D eigenvalue weighted by Crippen LogP contribution is 2.26. The van der Waals surface area contributed by atoms with Crippen LogP contribution in [0.15, 0.2) is 12.4 Å². The van der Waals surface area contributed by atoms with E-state index >= 15 is 0 Å². The highest BCUT2D eigenvalue weighted by molar-refractivity contribution is 6.31. The number of rotatable bonds is 2. The summed E-state index contributed by atoms with van der Waals surface area (Å²) in [7, 11) is 0. The topological polar surface area (TPSA) is 69.5 Å². The minimum atomic E-state index is -0.534. The summed E-state index contributed by atoms with van der Waals surface area (Å²) < 4.78 is 0. The molecule has 0 bridgehead atoms. The Bertz CT molecular complexity index is 350. The Morgan fingerprint density at radius 2 is 2.13 bits per heavy atom. The van der Waals surface area contributed by atoms with E-state index in [9.17, 15) is 5.11 Å². The van der Waals surface area contributed by atoms with Crippen molar-refractivity contribution in [3.8, 4) is 0 Å². The number of nitrogens with zero attached hydrogens (tertiary/aromatic N) is 3. The first-order valence-electron chi connectivity index (χ1n) is 4.72. The number of aliphatic hydroxyl groups excluding tert-OH is 2. The number of anilines is 1. The van der Waals surface area contributed by atoms with Crippen LogP contribution in [0.4, 0.5) is 5.82 Å². The molecule has 1 aromatic heterocycles. The summed E-state index contributed by atoms with van der Waals surface area (Å²) in [4.78, 5) is 9.85. The molecular formula is C9H12ClN3O2. The molecule has 82 valence electrons. The highest BCUT2D eigenvalue weighted by atomic mass is 35.5. The monoisotopic (exact) mass is 229 g/mol. The fourth-order valence-corrected chi connectivity index (χ4v) is 1.96. The SMILES string of the molecule is OCC1CN(c2nccnc2Cl)CC1O. The molecule has 1 aromatic rings. The third kappa shape index (κ3) is 2.04. The van der Waals surface area contributed by atoms with Crippen molar-refractivity contribution in [3.63, 3.8) is 0 Å². The van der Waals surface area contributed by atoms with Crippen molar-refractivity contribution >= 4 is 17.4 Å². The zero-order chi connectivity index (χ0) is 10.8. The Hall–Kier alpha value is -0.910. The maximum absolute atomic E-state index is 9.62. The Morgan fingerprint density at radius 1 is 1.40 bits per heavy atom. The second-order valence-corrected chi connectivity index (χ2v) is 3.94. The molecule has 2 heterocycles. The molecule has 1 aliphatic heterocycles. The van der Waals surface area contributed by atoms with Gasteiger partial charge in [0.05, 0.1) is 12.7 Å². The number of hydrogen-bond acceptors (Lipinski definition) is 5. The van der Waals surface area contributed by atoms with Crippen LogP contribution in [0.3, 0.4) is 0 Å². The average Bonchev–Trinajstić information content (AvgIpc) is 2.60. The fraction of sp³-hybridized carbons (Fsp3) is 0.556. The van der Waals surface area contributed by atoms with Gasteiger partial charge in [0.15, 0.2) is 11.0 Å². The van der Waals surface area contributed by atoms with Gasteiger partial charge in [0, 0.05) is 31.4 Å². The van der Waals surface area contributed by atoms with E-state index in [1.165, 1.54) is 6.20 Å². The summed E-state index contributed by atoms with van der Waals surface area (Å²) in [6.45, 7) is 0.954. The van der Waals surface area contributed by atoms with Crippen molar-refractivity contribution in [2.24, 2.45) is 5.92 Å². The Labute approximate surface area is 92.3 Å². The van der Waals surface area contributed by atoms with Gasteiger partial charge in [-0.2, -0.15) is 0 Å². The molecule has 0 aliphatic carbocycles. The third-order valence-corrected chi connectivity index (χ3v) is 2.84. The molecule has 1 saturated heterocycles. The Balaban J connectivity index is 2.17. The van der Waals surface area contributed by atoms with E-state index in [4.69, 9.17) is 16.7 Å². The van der Waals surface area contributed by atoms with Gasteiger partial charge in [0.25, 0.3) is 0 Å². The van der Waals surface area contributed by atoms with Gasteiger partial charge in [-0.25, -0.2) is 9.97 Å². The molecule has 0 aromatic carbocycles. The van der Waals surface area contributed by atoms with Gasteiger partial charge in [-0.1, -0.05) is 11.6 Å². The van der Waals surface area contributed by atoms with Crippen molar-refractivity contribution in [1.82, 2.24) is 9.97 Å². The second-order valence-electron chi connectivity index (χ2n) is 3.59. The lowest BCUT2D eigenvalue weighted by Gasteiger charge is -2.16. The van der Waals surface area contributed by atoms with E-state index in [2.05, 4.69) is 9.97 Å². The standard InChI is InChI=1S/C9H12ClN3O2/c10-8-9(12-2-1-11-8)13-3-6(5-14)7(15)4-13/h1-2,6-7,14-15H,3-5H2. The van der Waals surface area contributed by atoms with E-state index in [-0.39, 0.29) is 12.5 Å². The first kappa shape index (κ1) is 10.6. The lowest BCUT2D eigenvalue weighted by atomic mass is 10.1. The fourth-order valence-electron chi connectivity index (χ4n) is 1.73. The molecule has 5 nitrogen and oxygen atoms in total. The molecule has 0 amide bonds. The van der Waals surface area contributed by atoms with Crippen LogP contribution in [0.2, 0.25) is 5.15 Å². The first-order valence-corrected chi connectivity index (χ1v) is 5.10. The summed E-state index contributed by atoms with van der Waals surface area (Å²) in [5, 5.41) is 19.0. The van der Waals surface area contributed by atoms with Crippen LogP contribution in [0.1, 0.15) is 0 Å². The number of aliphatic hydroxyl groups is 2. The van der Waals surface area contributed by atoms with Gasteiger partial charge in [0.1, 0.15) is 0 Å². The molecular weight excluding hydrogens is 218 g/mol. The van der Waals surface area contributed by atoms with Crippen LogP contribution in [-0.2, 0) is 0 Å². The van der Waals surface area contributed by atoms with Gasteiger partial charge in [-0.05, 0) is 0 Å². The summed E-state index contributed by atoms with van der Waals surface area (Å²) >= 11 is 5.88. The molecule has 15 heavy (non-hydrogen) atoms. The number of β-amino-alcohol motifs (C(OH)–C–C–N with tert-alkyl or cyclic N) is 1. The van der Waals surface area contributed by atoms with Gasteiger partial charge in [-0.3, -0.25) is 0 Å². The predicted molar refractivity (Wildman–Crippen MR) is 55.8 cm³/mol. The van der Waals surface area contributed by atoms with Gasteiger partial charge in [0.2, 0.25) is 0 Å². The summed E-state index contributed by atoms with van der Waals surface area (Å²) in [6, 6.07) is 0. The minimum Gasteiger partial charge on any atom is -0.396 e. The lowest BCUT2D eigenvalue weighted by Crippen LogP contribution is -2.22. The predicted octanol–water partition coefficient (Wildman–Crippen LogP) is -0.0806. The molecule has 2 N–H and O–H groups in total. The molecule has 0 radical (unpaired) electrons. The van der Waals surface area contributed by atoms with Crippen molar-refractivity contribution in [1.29, 1.82) is 0 Å². The zero-order valence-corrected chi connectivity index (χ0v) is 8.80. The van der Waals surface area contributed by atoms with Crippen molar-refractivity contribution < 1.29 is 10.2 Å². The Morgan fingerprint density at radius 3 is 2.73 bits per heavy atom. The van der Waals surface area contributed by atoms with E-state index in [1.54, 1.807) is 6.20 Å². The smallest absolute Gasteiger partial charge is 0.171 e. The summed E-state index contributed by atoms with van der Waals surface area (Å²) in [6.07, 6.45) is 2.54. The molecule has 0 saturated carbocycles. The van der Waals surface area contributed by atoms with Gasteiger partial charge < -0.3 is 15.1 Å². The van der Waals surface area contributed by atoms with Crippen molar-refractivity contribution in [2.75, 3.05) is 24.6 Å². The number of hydrogen-bond donors (Lipinski definition) is 2. The second kappa shape index (κ2) is 4.30. The molecule has 1 fully saturated rings. The molecule has 2 rings (SSSR count). The normalized spacial score (nSPS) is 25.9. The molecule has 0 spiro atoms. The Kier molecular flexibility index (Phi) is 3.04. The first-order chi connectivity index (χ1) is 7.22. The highest BCUT2D eigenvalue weighted by Gasteiger charge is 2.32. The molecule has 2 atom stereocenters. The molecule has 2 unspecified atom stereocenters. The summed E-state index contributed by atoms with van der Waals surface area (Å²) in [5.74, 6) is 0.428. The van der Waals surface area contributed by atoms with Crippen LogP contribution in [0.25, 0.3) is 0 Å². The lowest BCUT2D eigenvalue weighted by molar-refractivity contribution is 0.104. The number of halogens is 1. The average molecular weight is 230 g/mol. The minimum absolute atomic E-state index is 0.0322. The maximum Gasteiger partial charge on any atom is 0.171 e. The van der Waals surface area contributed by atoms with Crippen molar-refractivity contribution in [2.45, 2.75) is 6.10 Å².